The third-order valence-electron chi connectivity index (χ3n) is 6.91. The average molecular weight is 546 g/mol. The van der Waals surface area contributed by atoms with Gasteiger partial charge in [-0.3, -0.25) is 14.6 Å². The molecule has 8 nitrogen and oxygen atoms in total. The number of carbonyl (C=O) groups excluding carboxylic acids is 2. The summed E-state index contributed by atoms with van der Waals surface area (Å²) in [4.78, 5) is 28.1. The summed E-state index contributed by atoms with van der Waals surface area (Å²) in [5, 5.41) is 11.4. The maximum Gasteiger partial charge on any atom is 0.256 e. The molecule has 0 fully saturated rings. The lowest BCUT2D eigenvalue weighted by atomic mass is 10.1. The molecule has 10 heteroatoms. The Morgan fingerprint density at radius 1 is 1.13 bits per heavy atom. The van der Waals surface area contributed by atoms with Crippen LogP contribution in [0.3, 0.4) is 0 Å². The second kappa shape index (κ2) is 12.6. The summed E-state index contributed by atoms with van der Waals surface area (Å²) in [6, 6.07) is 8.54. The molecule has 1 aliphatic rings. The summed E-state index contributed by atoms with van der Waals surface area (Å²) in [5.74, 6) is -0.0196. The zero-order chi connectivity index (χ0) is 26.7. The highest BCUT2D eigenvalue weighted by atomic mass is 35.5. The quantitative estimate of drug-likeness (QED) is 0.370. The van der Waals surface area contributed by atoms with Gasteiger partial charge in [0.05, 0.1) is 18.8 Å². The molecule has 0 atom stereocenters. The van der Waals surface area contributed by atoms with Crippen LogP contribution in [0.1, 0.15) is 49.1 Å². The number of anilines is 1. The Kier molecular flexibility index (Phi) is 9.73. The third kappa shape index (κ3) is 6.82. The van der Waals surface area contributed by atoms with Gasteiger partial charge in [0.2, 0.25) is 5.91 Å². The van der Waals surface area contributed by atoms with E-state index in [9.17, 15) is 14.0 Å². The molecular weight excluding hydrogens is 509 g/mol. The van der Waals surface area contributed by atoms with Gasteiger partial charge in [0.25, 0.3) is 5.91 Å². The molecule has 0 unspecified atom stereocenters. The molecule has 0 saturated carbocycles. The molecule has 1 aliphatic heterocycles. The number of hydrogen-bond donors (Lipinski definition) is 1. The summed E-state index contributed by atoms with van der Waals surface area (Å²) in [7, 11) is 1.71. The van der Waals surface area contributed by atoms with Gasteiger partial charge in [-0.2, -0.15) is 0 Å². The van der Waals surface area contributed by atoms with Crippen molar-refractivity contribution >= 4 is 40.9 Å². The Morgan fingerprint density at radius 2 is 1.87 bits per heavy atom. The molecular formula is C28H37ClFN5O3. The van der Waals surface area contributed by atoms with Crippen molar-refractivity contribution in [2.24, 2.45) is 5.92 Å². The van der Waals surface area contributed by atoms with Crippen LogP contribution < -0.4 is 10.2 Å². The Morgan fingerprint density at radius 3 is 2.61 bits per heavy atom. The van der Waals surface area contributed by atoms with Gasteiger partial charge in [0.1, 0.15) is 5.82 Å². The number of rotatable bonds is 10. The molecule has 4 rings (SSSR count). The minimum Gasteiger partial charge on any atom is -0.356 e. The van der Waals surface area contributed by atoms with Gasteiger partial charge in [-0.05, 0) is 67.5 Å². The predicted octanol–water partition coefficient (Wildman–Crippen LogP) is 4.75. The van der Waals surface area contributed by atoms with E-state index in [0.717, 1.165) is 46.3 Å². The monoisotopic (exact) mass is 545 g/mol. The minimum atomic E-state index is -0.284. The van der Waals surface area contributed by atoms with Crippen molar-refractivity contribution in [1.82, 2.24) is 20.5 Å². The molecule has 2 aromatic carbocycles. The van der Waals surface area contributed by atoms with E-state index in [4.69, 9.17) is 4.52 Å². The van der Waals surface area contributed by atoms with Crippen molar-refractivity contribution in [2.75, 3.05) is 31.6 Å². The molecule has 3 aromatic rings. The zero-order valence-electron chi connectivity index (χ0n) is 22.7. The van der Waals surface area contributed by atoms with Crippen LogP contribution >= 0.6 is 12.4 Å². The van der Waals surface area contributed by atoms with E-state index in [1.54, 1.807) is 23.0 Å². The van der Waals surface area contributed by atoms with Crippen molar-refractivity contribution in [1.29, 1.82) is 0 Å². The van der Waals surface area contributed by atoms with E-state index in [-0.39, 0.29) is 43.1 Å². The van der Waals surface area contributed by atoms with Crippen LogP contribution in [0.15, 0.2) is 34.9 Å². The highest BCUT2D eigenvalue weighted by molar-refractivity contribution is 5.90. The minimum absolute atomic E-state index is 0. The number of aromatic nitrogens is 1. The third-order valence-corrected chi connectivity index (χ3v) is 6.91. The smallest absolute Gasteiger partial charge is 0.256 e. The molecule has 38 heavy (non-hydrogen) atoms. The van der Waals surface area contributed by atoms with Gasteiger partial charge in [-0.25, -0.2) is 9.40 Å². The molecule has 0 radical (unpaired) electrons. The Hall–Kier alpha value is -3.17. The second-order valence-electron chi connectivity index (χ2n) is 10.3. The van der Waals surface area contributed by atoms with E-state index < -0.39 is 0 Å². The van der Waals surface area contributed by atoms with Crippen molar-refractivity contribution in [2.45, 2.75) is 53.6 Å². The molecule has 0 saturated heterocycles. The van der Waals surface area contributed by atoms with Crippen LogP contribution in [0.2, 0.25) is 0 Å². The first kappa shape index (κ1) is 29.4. The summed E-state index contributed by atoms with van der Waals surface area (Å²) < 4.78 is 19.1. The SMILES string of the molecule is Cc1cc2c(C)noc2cc1N(CC(=O)NCCCC(C)C)CC(=O)N(C)N1Cc2ccc(F)cc2C1.Cl. The highest BCUT2D eigenvalue weighted by Gasteiger charge is 2.27. The first-order valence-corrected chi connectivity index (χ1v) is 12.8. The summed E-state index contributed by atoms with van der Waals surface area (Å²) >= 11 is 0. The number of nitrogens with zero attached hydrogens (tertiary/aromatic N) is 4. The van der Waals surface area contributed by atoms with Crippen molar-refractivity contribution in [3.63, 3.8) is 0 Å². The van der Waals surface area contributed by atoms with Crippen molar-refractivity contribution in [3.8, 4) is 0 Å². The number of fused-ring (bicyclic) bond motifs is 2. The van der Waals surface area contributed by atoms with E-state index >= 15 is 0 Å². The molecule has 2 amide bonds. The fourth-order valence-corrected chi connectivity index (χ4v) is 4.72. The highest BCUT2D eigenvalue weighted by Crippen LogP contribution is 2.29. The number of hydrazine groups is 1. The van der Waals surface area contributed by atoms with Crippen molar-refractivity contribution in [3.05, 3.63) is 58.5 Å². The van der Waals surface area contributed by atoms with Crippen molar-refractivity contribution < 1.29 is 18.5 Å². The van der Waals surface area contributed by atoms with Crippen LogP contribution in [0, 0.1) is 25.6 Å². The average Bonchev–Trinajstić information content (AvgIpc) is 3.43. The maximum absolute atomic E-state index is 13.7. The second-order valence-corrected chi connectivity index (χ2v) is 10.3. The number of halogens is 2. The molecule has 0 aliphatic carbocycles. The largest absolute Gasteiger partial charge is 0.356 e. The Bertz CT molecular complexity index is 1290. The Balaban J connectivity index is 0.00000400. The van der Waals surface area contributed by atoms with Gasteiger partial charge in [-0.15, -0.1) is 12.4 Å². The molecule has 1 N–H and O–H groups in total. The lowest BCUT2D eigenvalue weighted by Gasteiger charge is -2.31. The first-order chi connectivity index (χ1) is 17.6. The molecule has 2 heterocycles. The summed E-state index contributed by atoms with van der Waals surface area (Å²) in [6.45, 7) is 9.75. The topological polar surface area (TPSA) is 81.9 Å². The zero-order valence-corrected chi connectivity index (χ0v) is 23.5. The number of aryl methyl sites for hydroxylation is 2. The van der Waals surface area contributed by atoms with Gasteiger partial charge in [0.15, 0.2) is 5.58 Å². The number of benzene rings is 2. The molecule has 0 spiro atoms. The van der Waals surface area contributed by atoms with Crippen LogP contribution in [-0.4, -0.2) is 53.7 Å². The summed E-state index contributed by atoms with van der Waals surface area (Å²) in [5.41, 5.74) is 4.94. The predicted molar refractivity (Wildman–Crippen MR) is 148 cm³/mol. The van der Waals surface area contributed by atoms with Gasteiger partial charge in [0, 0.05) is 43.8 Å². The fourth-order valence-electron chi connectivity index (χ4n) is 4.72. The van der Waals surface area contributed by atoms with Gasteiger partial charge in [-0.1, -0.05) is 25.1 Å². The van der Waals surface area contributed by atoms with E-state index in [1.165, 1.54) is 12.1 Å². The van der Waals surface area contributed by atoms with Crippen LogP contribution in [0.5, 0.6) is 0 Å². The number of hydrogen-bond acceptors (Lipinski definition) is 6. The van der Waals surface area contributed by atoms with E-state index in [2.05, 4.69) is 24.3 Å². The maximum atomic E-state index is 13.7. The van der Waals surface area contributed by atoms with Gasteiger partial charge >= 0.3 is 0 Å². The van der Waals surface area contributed by atoms with Crippen LogP contribution in [0.25, 0.3) is 11.0 Å². The number of carbonyl (C=O) groups is 2. The normalized spacial score (nSPS) is 12.9. The van der Waals surface area contributed by atoms with E-state index in [0.29, 0.717) is 31.1 Å². The molecule has 206 valence electrons. The standard InChI is InChI=1S/C28H36FN5O3.ClH/c1-18(2)7-6-10-30-27(35)16-33(25-13-26-24(11-19(25)3)20(4)31-37-26)17-28(36)32(5)34-14-21-8-9-23(29)12-22(21)15-34;/h8-9,11-13,18H,6-7,10,14-17H2,1-5H3,(H,30,35);1H. The van der Waals surface area contributed by atoms with E-state index in [1.807, 2.05) is 31.0 Å². The Labute approximate surface area is 229 Å². The lowest BCUT2D eigenvalue weighted by molar-refractivity contribution is -0.145. The fraction of sp³-hybridized carbons (Fsp3) is 0.464. The van der Waals surface area contributed by atoms with Crippen LogP contribution in [0.4, 0.5) is 10.1 Å². The van der Waals surface area contributed by atoms with Gasteiger partial charge < -0.3 is 14.7 Å². The number of likely N-dealkylation sites (N-methyl/N-ethyl adjacent to an activating group) is 1. The number of amides is 2. The molecule has 0 bridgehead atoms. The first-order valence-electron chi connectivity index (χ1n) is 12.8. The lowest BCUT2D eigenvalue weighted by Crippen LogP contribution is -2.48. The number of nitrogens with one attached hydrogen (secondary N) is 1. The molecule has 1 aromatic heterocycles. The summed E-state index contributed by atoms with van der Waals surface area (Å²) in [6.07, 6.45) is 1.94. The van der Waals surface area contributed by atoms with Crippen LogP contribution in [-0.2, 0) is 22.7 Å².